The first kappa shape index (κ1) is 18.8. The van der Waals surface area contributed by atoms with E-state index in [9.17, 15) is 13.6 Å². The van der Waals surface area contributed by atoms with Crippen molar-refractivity contribution in [1.29, 1.82) is 0 Å². The highest BCUT2D eigenvalue weighted by Crippen LogP contribution is 2.35. The number of likely N-dealkylation sites (N-methyl/N-ethyl adjacent to an activating group) is 1. The van der Waals surface area contributed by atoms with Gasteiger partial charge in [-0.3, -0.25) is 4.79 Å². The van der Waals surface area contributed by atoms with Gasteiger partial charge in [-0.1, -0.05) is 23.7 Å². The normalized spacial score (nSPS) is 12.5. The number of hydrogen-bond donors (Lipinski definition) is 1. The van der Waals surface area contributed by atoms with Gasteiger partial charge in [-0.25, -0.2) is 8.78 Å². The molecule has 0 radical (unpaired) electrons. The Hall–Kier alpha value is -2.02. The number of nitrogens with one attached hydrogen (secondary N) is 1. The highest BCUT2D eigenvalue weighted by Gasteiger charge is 2.20. The third-order valence-electron chi connectivity index (χ3n) is 4.11. The molecule has 26 heavy (non-hydrogen) atoms. The summed E-state index contributed by atoms with van der Waals surface area (Å²) in [7, 11) is 3.72. The number of thiophene rings is 1. The maximum Gasteiger partial charge on any atom is 0.262 e. The molecule has 3 rings (SSSR count). The summed E-state index contributed by atoms with van der Waals surface area (Å²) in [6.45, 7) is 0.286. The van der Waals surface area contributed by atoms with Crippen molar-refractivity contribution in [3.05, 3.63) is 69.6 Å². The van der Waals surface area contributed by atoms with Crippen LogP contribution in [0, 0.1) is 11.6 Å². The average Bonchev–Trinajstić information content (AvgIpc) is 2.91. The van der Waals surface area contributed by atoms with Gasteiger partial charge >= 0.3 is 0 Å². The predicted molar refractivity (Wildman–Crippen MR) is 102 cm³/mol. The van der Waals surface area contributed by atoms with Crippen LogP contribution in [0.15, 0.2) is 42.5 Å². The molecule has 0 aliphatic heterocycles. The third kappa shape index (κ3) is 3.87. The van der Waals surface area contributed by atoms with Crippen molar-refractivity contribution in [2.45, 2.75) is 6.04 Å². The lowest BCUT2D eigenvalue weighted by atomic mass is 10.1. The molecule has 0 aliphatic carbocycles. The maximum absolute atomic E-state index is 13.5. The Labute approximate surface area is 159 Å². The van der Waals surface area contributed by atoms with E-state index in [1.54, 1.807) is 12.1 Å². The monoisotopic (exact) mass is 394 g/mol. The molecule has 0 aliphatic rings. The SMILES string of the molecule is CN(C)C(CNC(=O)c1sc2cc(F)ccc2c1Cl)c1cccc(F)c1. The number of benzene rings is 2. The molecule has 1 N–H and O–H groups in total. The molecule has 7 heteroatoms. The van der Waals surface area contributed by atoms with E-state index in [-0.39, 0.29) is 30.1 Å². The van der Waals surface area contributed by atoms with E-state index < -0.39 is 0 Å². The number of hydrogen-bond acceptors (Lipinski definition) is 3. The standard InChI is InChI=1S/C19H17ClF2N2OS/c1-24(2)15(11-4-3-5-12(21)8-11)10-23-19(25)18-17(20)14-7-6-13(22)9-16(14)26-18/h3-9,15H,10H2,1-2H3,(H,23,25). The van der Waals surface area contributed by atoms with Crippen LogP contribution < -0.4 is 5.32 Å². The van der Waals surface area contributed by atoms with Gasteiger partial charge in [-0.2, -0.15) is 0 Å². The fourth-order valence-corrected chi connectivity index (χ4v) is 4.23. The second-order valence-corrected chi connectivity index (χ2v) is 7.56. The fraction of sp³-hybridized carbons (Fsp3) is 0.211. The quantitative estimate of drug-likeness (QED) is 0.669. The molecule has 136 valence electrons. The first-order valence-corrected chi connectivity index (χ1v) is 9.14. The van der Waals surface area contributed by atoms with Gasteiger partial charge in [0, 0.05) is 16.6 Å². The van der Waals surface area contributed by atoms with Crippen LogP contribution >= 0.6 is 22.9 Å². The zero-order chi connectivity index (χ0) is 18.8. The van der Waals surface area contributed by atoms with Crippen LogP contribution in [-0.4, -0.2) is 31.4 Å². The van der Waals surface area contributed by atoms with Crippen molar-refractivity contribution >= 4 is 38.9 Å². The second-order valence-electron chi connectivity index (χ2n) is 6.13. The molecular formula is C19H17ClF2N2OS. The number of nitrogens with zero attached hydrogens (tertiary/aromatic N) is 1. The first-order chi connectivity index (χ1) is 12.4. The molecule has 0 fully saturated rings. The van der Waals surface area contributed by atoms with Crippen molar-refractivity contribution < 1.29 is 13.6 Å². The molecule has 3 nitrogen and oxygen atoms in total. The van der Waals surface area contributed by atoms with Crippen LogP contribution in [0.4, 0.5) is 8.78 Å². The smallest absolute Gasteiger partial charge is 0.262 e. The Balaban J connectivity index is 1.80. The number of carbonyl (C=O) groups excluding carboxylic acids is 1. The lowest BCUT2D eigenvalue weighted by Crippen LogP contribution is -2.34. The van der Waals surface area contributed by atoms with Crippen LogP contribution in [-0.2, 0) is 0 Å². The van der Waals surface area contributed by atoms with Gasteiger partial charge < -0.3 is 10.2 Å². The van der Waals surface area contributed by atoms with Crippen LogP contribution in [0.5, 0.6) is 0 Å². The zero-order valence-electron chi connectivity index (χ0n) is 14.2. The summed E-state index contributed by atoms with van der Waals surface area (Å²) < 4.78 is 27.5. The molecule has 1 unspecified atom stereocenters. The van der Waals surface area contributed by atoms with Gasteiger partial charge in [-0.05, 0) is 50.0 Å². The Morgan fingerprint density at radius 1 is 1.19 bits per heavy atom. The Bertz CT molecular complexity index is 958. The summed E-state index contributed by atoms with van der Waals surface area (Å²) in [4.78, 5) is 14.8. The predicted octanol–water partition coefficient (Wildman–Crippen LogP) is 4.87. The summed E-state index contributed by atoms with van der Waals surface area (Å²) in [5, 5.41) is 3.81. The van der Waals surface area contributed by atoms with Crippen molar-refractivity contribution in [3.8, 4) is 0 Å². The molecule has 2 aromatic carbocycles. The topological polar surface area (TPSA) is 32.3 Å². The summed E-state index contributed by atoms with van der Waals surface area (Å²) in [6, 6.07) is 10.3. The molecule has 1 aromatic heterocycles. The Morgan fingerprint density at radius 3 is 2.62 bits per heavy atom. The molecule has 1 amide bonds. The van der Waals surface area contributed by atoms with Gasteiger partial charge in [0.2, 0.25) is 0 Å². The lowest BCUT2D eigenvalue weighted by molar-refractivity contribution is 0.0946. The number of fused-ring (bicyclic) bond motifs is 1. The number of carbonyl (C=O) groups is 1. The maximum atomic E-state index is 13.5. The van der Waals surface area contributed by atoms with Gasteiger partial charge in [0.1, 0.15) is 16.5 Å². The fourth-order valence-electron chi connectivity index (χ4n) is 2.77. The van der Waals surface area contributed by atoms with Crippen molar-refractivity contribution in [1.82, 2.24) is 10.2 Å². The molecule has 0 saturated heterocycles. The minimum atomic E-state index is -0.374. The first-order valence-electron chi connectivity index (χ1n) is 7.94. The molecule has 3 aromatic rings. The molecule has 0 bridgehead atoms. The number of halogens is 3. The van der Waals surface area contributed by atoms with Crippen molar-refractivity contribution in [2.75, 3.05) is 20.6 Å². The average molecular weight is 395 g/mol. The number of amides is 1. The highest BCUT2D eigenvalue weighted by atomic mass is 35.5. The van der Waals surface area contributed by atoms with Crippen LogP contribution in [0.25, 0.3) is 10.1 Å². The van der Waals surface area contributed by atoms with E-state index in [1.807, 2.05) is 25.1 Å². The van der Waals surface area contributed by atoms with E-state index in [2.05, 4.69) is 5.32 Å². The van der Waals surface area contributed by atoms with Gasteiger partial charge in [0.05, 0.1) is 11.1 Å². The Morgan fingerprint density at radius 2 is 1.92 bits per heavy atom. The van der Waals surface area contributed by atoms with E-state index in [0.717, 1.165) is 16.9 Å². The summed E-state index contributed by atoms with van der Waals surface area (Å²) in [6.07, 6.45) is 0. The van der Waals surface area contributed by atoms with Crippen LogP contribution in [0.1, 0.15) is 21.3 Å². The minimum Gasteiger partial charge on any atom is -0.349 e. The molecule has 0 spiro atoms. The summed E-state index contributed by atoms with van der Waals surface area (Å²) >= 11 is 7.43. The molecule has 1 heterocycles. The molecule has 1 atom stereocenters. The van der Waals surface area contributed by atoms with E-state index in [1.165, 1.54) is 24.3 Å². The van der Waals surface area contributed by atoms with Gasteiger partial charge in [0.25, 0.3) is 5.91 Å². The molecular weight excluding hydrogens is 378 g/mol. The minimum absolute atomic E-state index is 0.194. The van der Waals surface area contributed by atoms with Crippen LogP contribution in [0.2, 0.25) is 5.02 Å². The third-order valence-corrected chi connectivity index (χ3v) is 5.77. The van der Waals surface area contributed by atoms with E-state index >= 15 is 0 Å². The lowest BCUT2D eigenvalue weighted by Gasteiger charge is -2.25. The zero-order valence-corrected chi connectivity index (χ0v) is 15.8. The van der Waals surface area contributed by atoms with Crippen molar-refractivity contribution in [3.63, 3.8) is 0 Å². The van der Waals surface area contributed by atoms with Crippen molar-refractivity contribution in [2.24, 2.45) is 0 Å². The summed E-state index contributed by atoms with van der Waals surface area (Å²) in [5.74, 6) is -1.03. The van der Waals surface area contributed by atoms with E-state index in [0.29, 0.717) is 20.0 Å². The van der Waals surface area contributed by atoms with Crippen LogP contribution in [0.3, 0.4) is 0 Å². The highest BCUT2D eigenvalue weighted by molar-refractivity contribution is 7.21. The largest absolute Gasteiger partial charge is 0.349 e. The number of rotatable bonds is 5. The van der Waals surface area contributed by atoms with E-state index in [4.69, 9.17) is 11.6 Å². The second kappa shape index (κ2) is 7.70. The molecule has 0 saturated carbocycles. The Kier molecular flexibility index (Phi) is 5.55. The van der Waals surface area contributed by atoms with Gasteiger partial charge in [0.15, 0.2) is 0 Å². The summed E-state index contributed by atoms with van der Waals surface area (Å²) in [5.41, 5.74) is 0.764. The van der Waals surface area contributed by atoms with Gasteiger partial charge in [-0.15, -0.1) is 11.3 Å².